The molecule has 10 nitrogen and oxygen atoms in total. The number of hydrogen-bond acceptors (Lipinski definition) is 5. The van der Waals surface area contributed by atoms with Crippen LogP contribution in [0.1, 0.15) is 82.2 Å². The number of carbonyl (C=O) groups excluding carboxylic acids is 4. The van der Waals surface area contributed by atoms with Crippen molar-refractivity contribution in [3.8, 4) is 0 Å². The Labute approximate surface area is 300 Å². The number of hydrogen-bond donors (Lipinski definition) is 6. The van der Waals surface area contributed by atoms with Gasteiger partial charge in [-0.25, -0.2) is 4.39 Å². The molecule has 2 unspecified atom stereocenters. The first-order valence-electron chi connectivity index (χ1n) is 17.9. The van der Waals surface area contributed by atoms with E-state index in [4.69, 9.17) is 5.11 Å². The number of carbonyl (C=O) groups is 4. The Balaban J connectivity index is 1.72. The van der Waals surface area contributed by atoms with Crippen LogP contribution in [0.15, 0.2) is 42.5 Å². The standard InChI is InChI=1S/C38H49F4N5O5/c1-5-22(3)31(34(50)43-18-9-10-19-48)46-36(52)37(17-16-29-26(21-37)25-13-11-14-27(33(25)44-29)38(40,41)42)47-35(51)32(23(4)6-2)45-30(49)20-24-12-7-8-15-28(24)39/h7-8,11-15,22-23,31-32,44,48H,5-6,9-10,16-21H2,1-4H3,(H,43,50)(H,45,49)(H,46,52)(H,47,51)/t22-,23?,31?,32-,37+/m0/s1. The molecule has 5 atom stereocenters. The highest BCUT2D eigenvalue weighted by molar-refractivity contribution is 5.98. The van der Waals surface area contributed by atoms with Crippen molar-refractivity contribution in [1.82, 2.24) is 26.3 Å². The van der Waals surface area contributed by atoms with E-state index in [0.29, 0.717) is 36.9 Å². The van der Waals surface area contributed by atoms with E-state index < -0.39 is 64.7 Å². The number of para-hydroxylation sites is 1. The molecule has 2 aromatic carbocycles. The molecule has 3 aromatic rings. The number of benzene rings is 2. The van der Waals surface area contributed by atoms with Gasteiger partial charge < -0.3 is 31.4 Å². The molecule has 0 saturated carbocycles. The van der Waals surface area contributed by atoms with Gasteiger partial charge in [-0.15, -0.1) is 0 Å². The van der Waals surface area contributed by atoms with Gasteiger partial charge in [0.05, 0.1) is 17.5 Å². The van der Waals surface area contributed by atoms with E-state index in [2.05, 4.69) is 26.3 Å². The second-order valence-corrected chi connectivity index (χ2v) is 13.8. The third-order valence-electron chi connectivity index (χ3n) is 10.2. The van der Waals surface area contributed by atoms with Gasteiger partial charge in [0.2, 0.25) is 23.6 Å². The summed E-state index contributed by atoms with van der Waals surface area (Å²) in [7, 11) is 0. The zero-order valence-electron chi connectivity index (χ0n) is 30.0. The number of aromatic amines is 1. The number of aromatic nitrogens is 1. The van der Waals surface area contributed by atoms with Gasteiger partial charge in [0.1, 0.15) is 23.4 Å². The van der Waals surface area contributed by atoms with E-state index in [1.165, 1.54) is 30.3 Å². The molecule has 0 aliphatic heterocycles. The molecule has 0 saturated heterocycles. The Morgan fingerprint density at radius 2 is 1.60 bits per heavy atom. The smallest absolute Gasteiger partial charge is 0.396 e. The van der Waals surface area contributed by atoms with Crippen LogP contribution in [-0.4, -0.2) is 64.5 Å². The highest BCUT2D eigenvalue weighted by Crippen LogP contribution is 2.40. The fraction of sp³-hybridized carbons (Fsp3) is 0.526. The predicted molar refractivity (Wildman–Crippen MR) is 188 cm³/mol. The lowest BCUT2D eigenvalue weighted by Gasteiger charge is -2.39. The fourth-order valence-electron chi connectivity index (χ4n) is 6.66. The number of rotatable bonds is 16. The molecule has 1 aromatic heterocycles. The van der Waals surface area contributed by atoms with Crippen LogP contribution in [0.3, 0.4) is 0 Å². The van der Waals surface area contributed by atoms with E-state index >= 15 is 0 Å². The SMILES string of the molecule is CCC(C)[C@H](NC(=O)Cc1ccccc1F)C(=O)N[C@]1(C(=O)NC(C(=O)NCCCCO)[C@@H](C)CC)CCc2[nH]c3c(C(F)(F)F)cccc3c2C1. The fourth-order valence-corrected chi connectivity index (χ4v) is 6.66. The molecule has 1 aliphatic carbocycles. The Morgan fingerprint density at radius 1 is 0.923 bits per heavy atom. The monoisotopic (exact) mass is 731 g/mol. The Hall–Kier alpha value is -4.46. The third kappa shape index (κ3) is 9.30. The van der Waals surface area contributed by atoms with Crippen LogP contribution in [0.4, 0.5) is 17.6 Å². The zero-order chi connectivity index (χ0) is 38.2. The summed E-state index contributed by atoms with van der Waals surface area (Å²) in [5.74, 6) is -3.77. The Bertz CT molecular complexity index is 1740. The summed E-state index contributed by atoms with van der Waals surface area (Å²) in [4.78, 5) is 58.3. The van der Waals surface area contributed by atoms with Crippen molar-refractivity contribution >= 4 is 34.5 Å². The summed E-state index contributed by atoms with van der Waals surface area (Å²) < 4.78 is 56.4. The topological polar surface area (TPSA) is 152 Å². The minimum Gasteiger partial charge on any atom is -0.396 e. The maximum atomic E-state index is 14.6. The van der Waals surface area contributed by atoms with E-state index in [9.17, 15) is 36.7 Å². The lowest BCUT2D eigenvalue weighted by atomic mass is 9.78. The molecule has 52 heavy (non-hydrogen) atoms. The molecule has 14 heteroatoms. The molecule has 284 valence electrons. The molecule has 0 fully saturated rings. The van der Waals surface area contributed by atoms with Crippen LogP contribution in [0.25, 0.3) is 10.9 Å². The van der Waals surface area contributed by atoms with E-state index in [0.717, 1.165) is 6.07 Å². The first-order valence-corrected chi connectivity index (χ1v) is 17.9. The van der Waals surface area contributed by atoms with Crippen LogP contribution in [0.5, 0.6) is 0 Å². The van der Waals surface area contributed by atoms with Crippen molar-refractivity contribution in [2.24, 2.45) is 11.8 Å². The van der Waals surface area contributed by atoms with Crippen LogP contribution in [0, 0.1) is 17.7 Å². The number of unbranched alkanes of at least 4 members (excludes halogenated alkanes) is 1. The molecule has 0 radical (unpaired) electrons. The minimum atomic E-state index is -4.64. The lowest BCUT2D eigenvalue weighted by molar-refractivity contribution is -0.139. The van der Waals surface area contributed by atoms with E-state index in [1.54, 1.807) is 19.9 Å². The largest absolute Gasteiger partial charge is 0.418 e. The second kappa shape index (κ2) is 17.4. The highest BCUT2D eigenvalue weighted by atomic mass is 19.4. The maximum Gasteiger partial charge on any atom is 0.418 e. The summed E-state index contributed by atoms with van der Waals surface area (Å²) in [6.07, 6.45) is -3.11. The lowest BCUT2D eigenvalue weighted by Crippen LogP contribution is -2.67. The summed E-state index contributed by atoms with van der Waals surface area (Å²) in [5, 5.41) is 20.6. The number of aliphatic hydroxyl groups is 1. The van der Waals surface area contributed by atoms with Gasteiger partial charge in [0.25, 0.3) is 0 Å². The number of aryl methyl sites for hydroxylation is 1. The second-order valence-electron chi connectivity index (χ2n) is 13.8. The first kappa shape index (κ1) is 40.3. The molecule has 1 aliphatic rings. The van der Waals surface area contributed by atoms with Crippen molar-refractivity contribution in [2.45, 2.75) is 103 Å². The van der Waals surface area contributed by atoms with E-state index in [-0.39, 0.29) is 61.2 Å². The zero-order valence-corrected chi connectivity index (χ0v) is 30.0. The van der Waals surface area contributed by atoms with Crippen molar-refractivity contribution in [2.75, 3.05) is 13.2 Å². The van der Waals surface area contributed by atoms with Crippen molar-refractivity contribution in [1.29, 1.82) is 0 Å². The molecule has 4 rings (SSSR count). The molecular formula is C38H49F4N5O5. The summed E-state index contributed by atoms with van der Waals surface area (Å²) in [5.41, 5.74) is -1.63. The maximum absolute atomic E-state index is 14.6. The van der Waals surface area contributed by atoms with Gasteiger partial charge in [-0.3, -0.25) is 19.2 Å². The molecule has 0 spiro atoms. The number of fused-ring (bicyclic) bond motifs is 3. The minimum absolute atomic E-state index is 0.0203. The number of nitrogens with one attached hydrogen (secondary N) is 5. The summed E-state index contributed by atoms with van der Waals surface area (Å²) in [6.45, 7) is 7.46. The van der Waals surface area contributed by atoms with Crippen LogP contribution in [0.2, 0.25) is 0 Å². The molecule has 4 amide bonds. The summed E-state index contributed by atoms with van der Waals surface area (Å²) in [6, 6.07) is 7.43. The number of amides is 4. The van der Waals surface area contributed by atoms with Gasteiger partial charge in [-0.2, -0.15) is 13.2 Å². The van der Waals surface area contributed by atoms with Crippen LogP contribution >= 0.6 is 0 Å². The number of alkyl halides is 3. The van der Waals surface area contributed by atoms with Crippen molar-refractivity contribution in [3.63, 3.8) is 0 Å². The summed E-state index contributed by atoms with van der Waals surface area (Å²) >= 11 is 0. The van der Waals surface area contributed by atoms with Crippen molar-refractivity contribution in [3.05, 3.63) is 70.7 Å². The average molecular weight is 732 g/mol. The third-order valence-corrected chi connectivity index (χ3v) is 10.2. The van der Waals surface area contributed by atoms with Gasteiger partial charge in [-0.1, -0.05) is 70.9 Å². The molecular weight excluding hydrogens is 682 g/mol. The number of aliphatic hydroxyl groups excluding tert-OH is 1. The van der Waals surface area contributed by atoms with Crippen LogP contribution < -0.4 is 21.3 Å². The van der Waals surface area contributed by atoms with E-state index in [1.807, 2.05) is 13.8 Å². The molecule has 1 heterocycles. The van der Waals surface area contributed by atoms with Gasteiger partial charge >= 0.3 is 6.18 Å². The Kier molecular flexibility index (Phi) is 13.5. The van der Waals surface area contributed by atoms with Crippen LogP contribution in [-0.2, 0) is 44.6 Å². The number of H-pyrrole nitrogens is 1. The first-order chi connectivity index (χ1) is 24.6. The van der Waals surface area contributed by atoms with Gasteiger partial charge in [0, 0.05) is 30.7 Å². The van der Waals surface area contributed by atoms with Crippen molar-refractivity contribution < 1.29 is 41.8 Å². The van der Waals surface area contributed by atoms with Gasteiger partial charge in [0.15, 0.2) is 0 Å². The molecule has 6 N–H and O–H groups in total. The number of halogens is 4. The van der Waals surface area contributed by atoms with Gasteiger partial charge in [-0.05, 0) is 60.8 Å². The Morgan fingerprint density at radius 3 is 2.23 bits per heavy atom. The quantitative estimate of drug-likeness (QED) is 0.0919. The predicted octanol–water partition coefficient (Wildman–Crippen LogP) is 4.86. The molecule has 0 bridgehead atoms. The highest BCUT2D eigenvalue weighted by Gasteiger charge is 2.47. The average Bonchev–Trinajstić information content (AvgIpc) is 3.48. The normalized spacial score (nSPS) is 18.1.